The van der Waals surface area contributed by atoms with Gasteiger partial charge in [-0.1, -0.05) is 23.6 Å². The summed E-state index contributed by atoms with van der Waals surface area (Å²) in [6.07, 6.45) is 5.28. The second-order valence-corrected chi connectivity index (χ2v) is 6.67. The molecule has 2 aromatic rings. The number of nitrogens with one attached hydrogen (secondary N) is 1. The maximum atomic E-state index is 6.16. The van der Waals surface area contributed by atoms with Crippen molar-refractivity contribution >= 4 is 39.9 Å². The number of benzene rings is 2. The monoisotopic (exact) mass is 455 g/mol. The van der Waals surface area contributed by atoms with E-state index in [1.165, 1.54) is 0 Å². The molecule has 3 nitrogen and oxygen atoms in total. The van der Waals surface area contributed by atoms with Gasteiger partial charge in [-0.3, -0.25) is 0 Å². The number of ether oxygens (including phenoxy) is 2. The van der Waals surface area contributed by atoms with Crippen LogP contribution in [-0.2, 0) is 6.54 Å². The minimum atomic E-state index is 0.218. The van der Waals surface area contributed by atoms with Crippen LogP contribution in [0.1, 0.15) is 18.1 Å². The fourth-order valence-electron chi connectivity index (χ4n) is 2.24. The van der Waals surface area contributed by atoms with E-state index in [2.05, 4.69) is 39.9 Å². The third kappa shape index (κ3) is 4.71. The highest BCUT2D eigenvalue weighted by molar-refractivity contribution is 14.1. The van der Waals surface area contributed by atoms with Crippen molar-refractivity contribution < 1.29 is 9.47 Å². The summed E-state index contributed by atoms with van der Waals surface area (Å²) < 4.78 is 12.3. The van der Waals surface area contributed by atoms with Crippen LogP contribution in [0.15, 0.2) is 30.3 Å². The quantitative estimate of drug-likeness (QED) is 0.455. The SMILES string of the molecule is C#CCOc1c(I)cc(CNc2cccc(Cl)c2C)cc1OCC. The molecular weight excluding hydrogens is 437 g/mol. The molecule has 0 amide bonds. The Morgan fingerprint density at radius 1 is 1.29 bits per heavy atom. The molecule has 126 valence electrons. The molecule has 1 N–H and O–H groups in total. The van der Waals surface area contributed by atoms with Crippen LogP contribution >= 0.6 is 34.2 Å². The minimum Gasteiger partial charge on any atom is -0.490 e. The average Bonchev–Trinajstić information content (AvgIpc) is 2.56. The zero-order chi connectivity index (χ0) is 17.5. The van der Waals surface area contributed by atoms with Gasteiger partial charge in [-0.15, -0.1) is 6.42 Å². The van der Waals surface area contributed by atoms with E-state index in [0.29, 0.717) is 24.7 Å². The molecule has 0 atom stereocenters. The Labute approximate surface area is 161 Å². The van der Waals surface area contributed by atoms with Crippen LogP contribution in [0.3, 0.4) is 0 Å². The minimum absolute atomic E-state index is 0.218. The van der Waals surface area contributed by atoms with Crippen LogP contribution in [0.25, 0.3) is 0 Å². The van der Waals surface area contributed by atoms with Crippen LogP contribution in [0.2, 0.25) is 5.02 Å². The van der Waals surface area contributed by atoms with E-state index in [9.17, 15) is 0 Å². The predicted molar refractivity (Wildman–Crippen MR) is 108 cm³/mol. The van der Waals surface area contributed by atoms with E-state index in [0.717, 1.165) is 25.4 Å². The molecule has 0 radical (unpaired) electrons. The van der Waals surface area contributed by atoms with Gasteiger partial charge in [0.1, 0.15) is 6.61 Å². The normalized spacial score (nSPS) is 10.1. The van der Waals surface area contributed by atoms with E-state index in [-0.39, 0.29) is 6.61 Å². The van der Waals surface area contributed by atoms with Gasteiger partial charge >= 0.3 is 0 Å². The van der Waals surface area contributed by atoms with Crippen LogP contribution in [0, 0.1) is 22.8 Å². The highest BCUT2D eigenvalue weighted by Gasteiger charge is 2.12. The molecule has 0 aromatic heterocycles. The number of hydrogen-bond acceptors (Lipinski definition) is 3. The van der Waals surface area contributed by atoms with Crippen molar-refractivity contribution in [1.82, 2.24) is 0 Å². The lowest BCUT2D eigenvalue weighted by Gasteiger charge is -2.16. The summed E-state index contributed by atoms with van der Waals surface area (Å²) in [5.41, 5.74) is 3.14. The van der Waals surface area contributed by atoms with Crippen molar-refractivity contribution in [3.63, 3.8) is 0 Å². The van der Waals surface area contributed by atoms with E-state index >= 15 is 0 Å². The molecule has 2 aromatic carbocycles. The molecule has 0 aliphatic rings. The lowest BCUT2D eigenvalue weighted by atomic mass is 10.1. The highest BCUT2D eigenvalue weighted by atomic mass is 127. The van der Waals surface area contributed by atoms with Crippen LogP contribution in [0.4, 0.5) is 5.69 Å². The molecule has 24 heavy (non-hydrogen) atoms. The molecular formula is C19H19ClINO2. The Balaban J connectivity index is 2.21. The average molecular weight is 456 g/mol. The van der Waals surface area contributed by atoms with Crippen LogP contribution in [0.5, 0.6) is 11.5 Å². The Kier molecular flexibility index (Phi) is 7.07. The first-order valence-corrected chi connectivity index (χ1v) is 9.03. The largest absolute Gasteiger partial charge is 0.490 e. The molecule has 0 bridgehead atoms. The third-order valence-corrected chi connectivity index (χ3v) is 4.63. The lowest BCUT2D eigenvalue weighted by Crippen LogP contribution is -2.05. The lowest BCUT2D eigenvalue weighted by molar-refractivity contribution is 0.297. The first-order valence-electron chi connectivity index (χ1n) is 7.57. The van der Waals surface area contributed by atoms with Gasteiger partial charge in [-0.25, -0.2) is 0 Å². The standard InChI is InChI=1S/C19H19ClINO2/c1-4-9-24-19-16(21)10-14(11-18(19)23-5-2)12-22-17-8-6-7-15(20)13(17)3/h1,6-8,10-11,22H,5,9,12H2,2-3H3. The van der Waals surface area contributed by atoms with Crippen molar-refractivity contribution in [2.75, 3.05) is 18.5 Å². The maximum absolute atomic E-state index is 6.16. The Morgan fingerprint density at radius 3 is 2.79 bits per heavy atom. The molecule has 0 spiro atoms. The summed E-state index contributed by atoms with van der Waals surface area (Å²) in [5.74, 6) is 3.88. The highest BCUT2D eigenvalue weighted by Crippen LogP contribution is 2.34. The molecule has 0 aliphatic carbocycles. The van der Waals surface area contributed by atoms with Gasteiger partial charge in [0.15, 0.2) is 11.5 Å². The van der Waals surface area contributed by atoms with Crippen molar-refractivity contribution in [3.8, 4) is 23.8 Å². The predicted octanol–water partition coefficient (Wildman–Crippen LogP) is 5.28. The van der Waals surface area contributed by atoms with Gasteiger partial charge in [0.05, 0.1) is 10.2 Å². The summed E-state index contributed by atoms with van der Waals surface area (Å²) in [6, 6.07) is 9.87. The third-order valence-electron chi connectivity index (χ3n) is 3.42. The fraction of sp³-hybridized carbons (Fsp3) is 0.263. The fourth-order valence-corrected chi connectivity index (χ4v) is 3.23. The molecule has 0 saturated carbocycles. The van der Waals surface area contributed by atoms with E-state index in [4.69, 9.17) is 27.5 Å². The second-order valence-electron chi connectivity index (χ2n) is 5.10. The van der Waals surface area contributed by atoms with Crippen molar-refractivity contribution in [2.24, 2.45) is 0 Å². The molecule has 5 heteroatoms. The Morgan fingerprint density at radius 2 is 2.08 bits per heavy atom. The summed E-state index contributed by atoms with van der Waals surface area (Å²) in [7, 11) is 0. The number of rotatable bonds is 7. The maximum Gasteiger partial charge on any atom is 0.175 e. The van der Waals surface area contributed by atoms with Crippen LogP contribution < -0.4 is 14.8 Å². The number of hydrogen-bond donors (Lipinski definition) is 1. The number of terminal acetylenes is 1. The summed E-state index contributed by atoms with van der Waals surface area (Å²) in [6.45, 7) is 5.38. The van der Waals surface area contributed by atoms with E-state index in [1.54, 1.807) is 0 Å². The number of halogens is 2. The zero-order valence-electron chi connectivity index (χ0n) is 13.7. The summed E-state index contributed by atoms with van der Waals surface area (Å²) in [5, 5.41) is 4.17. The smallest absolute Gasteiger partial charge is 0.175 e. The molecule has 0 saturated heterocycles. The van der Waals surface area contributed by atoms with Crippen molar-refractivity contribution in [3.05, 3.63) is 50.1 Å². The molecule has 0 aliphatic heterocycles. The Hall–Kier alpha value is -1.58. The Bertz CT molecular complexity index is 756. The van der Waals surface area contributed by atoms with E-state index < -0.39 is 0 Å². The topological polar surface area (TPSA) is 30.5 Å². The summed E-state index contributed by atoms with van der Waals surface area (Å²) in [4.78, 5) is 0. The zero-order valence-corrected chi connectivity index (χ0v) is 16.6. The molecule has 0 unspecified atom stereocenters. The molecule has 0 fully saturated rings. The first-order chi connectivity index (χ1) is 11.6. The van der Waals surface area contributed by atoms with E-state index in [1.807, 2.05) is 38.1 Å². The van der Waals surface area contributed by atoms with Gasteiger partial charge < -0.3 is 14.8 Å². The van der Waals surface area contributed by atoms with Crippen molar-refractivity contribution in [2.45, 2.75) is 20.4 Å². The van der Waals surface area contributed by atoms with Crippen molar-refractivity contribution in [1.29, 1.82) is 0 Å². The summed E-state index contributed by atoms with van der Waals surface area (Å²) >= 11 is 8.40. The molecule has 2 rings (SSSR count). The van der Waals surface area contributed by atoms with Gasteiger partial charge in [0, 0.05) is 17.3 Å². The van der Waals surface area contributed by atoms with Gasteiger partial charge in [-0.05, 0) is 71.8 Å². The van der Waals surface area contributed by atoms with Gasteiger partial charge in [-0.2, -0.15) is 0 Å². The molecule has 0 heterocycles. The second kappa shape index (κ2) is 9.05. The number of anilines is 1. The first kappa shape index (κ1) is 18.8. The van der Waals surface area contributed by atoms with Gasteiger partial charge in [0.2, 0.25) is 0 Å². The van der Waals surface area contributed by atoms with Crippen LogP contribution in [-0.4, -0.2) is 13.2 Å². The van der Waals surface area contributed by atoms with Gasteiger partial charge in [0.25, 0.3) is 0 Å².